The van der Waals surface area contributed by atoms with Crippen molar-refractivity contribution in [1.29, 1.82) is 0 Å². The molecule has 3 heteroatoms. The number of carbonyl (C=O) groups is 1. The van der Waals surface area contributed by atoms with Gasteiger partial charge in [-0.05, 0) is 18.6 Å². The molecule has 0 radical (unpaired) electrons. The fourth-order valence-electron chi connectivity index (χ4n) is 1.42. The molecule has 0 aromatic carbocycles. The Balaban J connectivity index is 2.52. The minimum absolute atomic E-state index is 0.000602. The van der Waals surface area contributed by atoms with Crippen LogP contribution < -0.4 is 5.32 Å². The molecular weight excluding hydrogens is 140 g/mol. The normalized spacial score (nSPS) is 15.9. The topological polar surface area (TPSA) is 34.0 Å². The van der Waals surface area contributed by atoms with Gasteiger partial charge in [0.15, 0.2) is 0 Å². The summed E-state index contributed by atoms with van der Waals surface area (Å²) >= 11 is 0. The van der Waals surface area contributed by atoms with E-state index in [4.69, 9.17) is 0 Å². The predicted octanol–water partition coefficient (Wildman–Crippen LogP) is 0.910. The molecule has 2 heterocycles. The van der Waals surface area contributed by atoms with Crippen molar-refractivity contribution in [1.82, 2.24) is 9.88 Å². The third-order valence-electron chi connectivity index (χ3n) is 1.91. The van der Waals surface area contributed by atoms with E-state index >= 15 is 0 Å². The van der Waals surface area contributed by atoms with E-state index in [0.717, 1.165) is 24.2 Å². The molecule has 3 nitrogen and oxygen atoms in total. The minimum Gasteiger partial charge on any atom is -0.337 e. The smallest absolute Gasteiger partial charge is 0.325 e. The van der Waals surface area contributed by atoms with Crippen molar-refractivity contribution < 1.29 is 4.79 Å². The summed E-state index contributed by atoms with van der Waals surface area (Å²) in [7, 11) is 0. The van der Waals surface area contributed by atoms with Crippen LogP contribution in [0.1, 0.15) is 11.3 Å². The number of carbonyl (C=O) groups excluding carboxylic acids is 1. The zero-order chi connectivity index (χ0) is 7.84. The van der Waals surface area contributed by atoms with Gasteiger partial charge < -0.3 is 5.32 Å². The Morgan fingerprint density at radius 2 is 2.45 bits per heavy atom. The molecule has 1 aromatic rings. The summed E-state index contributed by atoms with van der Waals surface area (Å²) in [6, 6.07) is 2.05. The average Bonchev–Trinajstić information content (AvgIpc) is 2.31. The Bertz CT molecular complexity index is 301. The third kappa shape index (κ3) is 0.926. The summed E-state index contributed by atoms with van der Waals surface area (Å²) in [5.74, 6) is 0. The first-order valence-corrected chi connectivity index (χ1v) is 3.73. The molecule has 0 atom stereocenters. The van der Waals surface area contributed by atoms with Crippen LogP contribution in [-0.2, 0) is 6.42 Å². The van der Waals surface area contributed by atoms with Gasteiger partial charge in [0.05, 0.1) is 0 Å². The van der Waals surface area contributed by atoms with Crippen LogP contribution in [0.5, 0.6) is 0 Å². The van der Waals surface area contributed by atoms with Crippen LogP contribution in [-0.4, -0.2) is 17.1 Å². The number of aromatic nitrogens is 1. The standard InChI is InChI=1S/C8H10N2O/c1-6-4-7-2-3-9-8(11)10(7)5-6/h4-5H,2-3H2,1H3,(H,9,11). The van der Waals surface area contributed by atoms with Gasteiger partial charge in [0.1, 0.15) is 0 Å². The number of rotatable bonds is 0. The molecule has 0 bridgehead atoms. The van der Waals surface area contributed by atoms with Crippen LogP contribution in [0.4, 0.5) is 4.79 Å². The highest BCUT2D eigenvalue weighted by Gasteiger charge is 2.14. The fourth-order valence-corrected chi connectivity index (χ4v) is 1.42. The van der Waals surface area contributed by atoms with Crippen molar-refractivity contribution in [3.63, 3.8) is 0 Å². The van der Waals surface area contributed by atoms with E-state index in [-0.39, 0.29) is 6.03 Å². The number of hydrogen-bond donors (Lipinski definition) is 1. The summed E-state index contributed by atoms with van der Waals surface area (Å²) in [5, 5.41) is 2.78. The highest BCUT2D eigenvalue weighted by molar-refractivity contribution is 5.78. The highest BCUT2D eigenvalue weighted by Crippen LogP contribution is 2.10. The quantitative estimate of drug-likeness (QED) is 0.586. The molecule has 1 aliphatic rings. The molecule has 0 unspecified atom stereocenters. The summed E-state index contributed by atoms with van der Waals surface area (Å²) in [6.45, 7) is 2.76. The molecule has 0 spiro atoms. The lowest BCUT2D eigenvalue weighted by Gasteiger charge is -2.14. The SMILES string of the molecule is Cc1cc2n(c1)C(=O)NCC2. The monoisotopic (exact) mass is 150 g/mol. The Morgan fingerprint density at radius 3 is 3.18 bits per heavy atom. The second-order valence-electron chi connectivity index (χ2n) is 2.86. The highest BCUT2D eigenvalue weighted by atomic mass is 16.2. The molecule has 0 saturated carbocycles. The van der Waals surface area contributed by atoms with Crippen LogP contribution in [0.15, 0.2) is 12.3 Å². The molecule has 1 amide bonds. The lowest BCUT2D eigenvalue weighted by molar-refractivity contribution is 0.239. The van der Waals surface area contributed by atoms with Crippen molar-refractivity contribution in [3.8, 4) is 0 Å². The first-order valence-electron chi connectivity index (χ1n) is 3.73. The van der Waals surface area contributed by atoms with Crippen molar-refractivity contribution in [2.75, 3.05) is 6.54 Å². The van der Waals surface area contributed by atoms with Crippen molar-refractivity contribution in [2.24, 2.45) is 0 Å². The van der Waals surface area contributed by atoms with Crippen LogP contribution in [0, 0.1) is 6.92 Å². The molecule has 0 saturated heterocycles. The molecule has 1 N–H and O–H groups in total. The summed E-state index contributed by atoms with van der Waals surface area (Å²) in [4.78, 5) is 11.2. The number of amides is 1. The van der Waals surface area contributed by atoms with Gasteiger partial charge in [-0.3, -0.25) is 4.57 Å². The van der Waals surface area contributed by atoms with Crippen molar-refractivity contribution in [3.05, 3.63) is 23.5 Å². The maximum absolute atomic E-state index is 11.2. The molecule has 0 aliphatic carbocycles. The molecular formula is C8H10N2O. The summed E-state index contributed by atoms with van der Waals surface area (Å²) < 4.78 is 1.68. The van der Waals surface area contributed by atoms with Crippen molar-refractivity contribution in [2.45, 2.75) is 13.3 Å². The van der Waals surface area contributed by atoms with Gasteiger partial charge in [-0.15, -0.1) is 0 Å². The molecule has 58 valence electrons. The Kier molecular flexibility index (Phi) is 1.24. The number of fused-ring (bicyclic) bond motifs is 1. The van der Waals surface area contributed by atoms with E-state index in [1.807, 2.05) is 13.1 Å². The van der Waals surface area contributed by atoms with E-state index < -0.39 is 0 Å². The van der Waals surface area contributed by atoms with E-state index in [2.05, 4.69) is 11.4 Å². The van der Waals surface area contributed by atoms with E-state index in [1.54, 1.807) is 4.57 Å². The Hall–Kier alpha value is -1.25. The van der Waals surface area contributed by atoms with Gasteiger partial charge in [-0.1, -0.05) is 0 Å². The van der Waals surface area contributed by atoms with E-state index in [9.17, 15) is 4.79 Å². The van der Waals surface area contributed by atoms with Crippen LogP contribution in [0.25, 0.3) is 0 Å². The van der Waals surface area contributed by atoms with Crippen LogP contribution >= 0.6 is 0 Å². The van der Waals surface area contributed by atoms with Gasteiger partial charge >= 0.3 is 6.03 Å². The van der Waals surface area contributed by atoms with E-state index in [0.29, 0.717) is 0 Å². The fraction of sp³-hybridized carbons (Fsp3) is 0.375. The zero-order valence-electron chi connectivity index (χ0n) is 6.42. The lowest BCUT2D eigenvalue weighted by Crippen LogP contribution is -2.35. The molecule has 2 rings (SSSR count). The van der Waals surface area contributed by atoms with Gasteiger partial charge in [-0.25, -0.2) is 4.79 Å². The number of nitrogens with zero attached hydrogens (tertiary/aromatic N) is 1. The zero-order valence-corrected chi connectivity index (χ0v) is 6.42. The first kappa shape index (κ1) is 6.46. The Labute approximate surface area is 65.0 Å². The van der Waals surface area contributed by atoms with Crippen molar-refractivity contribution >= 4 is 6.03 Å². The predicted molar refractivity (Wildman–Crippen MR) is 41.7 cm³/mol. The first-order chi connectivity index (χ1) is 5.27. The van der Waals surface area contributed by atoms with E-state index in [1.165, 1.54) is 0 Å². The largest absolute Gasteiger partial charge is 0.337 e. The number of hydrogen-bond acceptors (Lipinski definition) is 1. The number of nitrogens with one attached hydrogen (secondary N) is 1. The molecule has 11 heavy (non-hydrogen) atoms. The summed E-state index contributed by atoms with van der Waals surface area (Å²) in [6.07, 6.45) is 2.81. The Morgan fingerprint density at radius 1 is 1.64 bits per heavy atom. The maximum atomic E-state index is 11.2. The average molecular weight is 150 g/mol. The van der Waals surface area contributed by atoms with Gasteiger partial charge in [-0.2, -0.15) is 0 Å². The lowest BCUT2D eigenvalue weighted by atomic mass is 10.2. The molecule has 1 aliphatic heterocycles. The summed E-state index contributed by atoms with van der Waals surface area (Å²) in [5.41, 5.74) is 2.27. The minimum atomic E-state index is -0.000602. The van der Waals surface area contributed by atoms with Crippen LogP contribution in [0.2, 0.25) is 0 Å². The molecule has 1 aromatic heterocycles. The van der Waals surface area contributed by atoms with Gasteiger partial charge in [0.2, 0.25) is 0 Å². The second-order valence-corrected chi connectivity index (χ2v) is 2.86. The third-order valence-corrected chi connectivity index (χ3v) is 1.91. The second kappa shape index (κ2) is 2.12. The molecule has 0 fully saturated rings. The maximum Gasteiger partial charge on any atom is 0.325 e. The van der Waals surface area contributed by atoms with Crippen LogP contribution in [0.3, 0.4) is 0 Å². The van der Waals surface area contributed by atoms with Gasteiger partial charge in [0, 0.05) is 24.9 Å². The number of aryl methyl sites for hydroxylation is 1. The van der Waals surface area contributed by atoms with Gasteiger partial charge in [0.25, 0.3) is 0 Å².